The number of rotatable bonds is 4. The summed E-state index contributed by atoms with van der Waals surface area (Å²) in [7, 11) is 0. The van der Waals surface area contributed by atoms with Gasteiger partial charge >= 0.3 is 0 Å². The fourth-order valence-electron chi connectivity index (χ4n) is 1.89. The summed E-state index contributed by atoms with van der Waals surface area (Å²) in [5, 5.41) is 6.43. The Balaban J connectivity index is 1.71. The number of aromatic amines is 1. The lowest BCUT2D eigenvalue weighted by Gasteiger charge is -2.08. The number of anilines is 3. The maximum atomic E-state index is 4.48. The fourth-order valence-corrected chi connectivity index (χ4v) is 1.89. The molecule has 0 aliphatic heterocycles. The molecule has 0 aromatic carbocycles. The lowest BCUT2D eigenvalue weighted by Crippen LogP contribution is -2.07. The molecule has 0 saturated heterocycles. The van der Waals surface area contributed by atoms with Crippen LogP contribution in [0, 0.1) is 0 Å². The van der Waals surface area contributed by atoms with E-state index in [1.807, 2.05) is 0 Å². The molecule has 1 fully saturated rings. The van der Waals surface area contributed by atoms with E-state index in [9.17, 15) is 0 Å². The van der Waals surface area contributed by atoms with Gasteiger partial charge in [-0.25, -0.2) is 15.0 Å². The Kier molecular flexibility index (Phi) is 2.44. The molecule has 8 heteroatoms. The lowest BCUT2D eigenvalue weighted by atomic mass is 10.4. The van der Waals surface area contributed by atoms with Crippen molar-refractivity contribution >= 4 is 28.7 Å². The zero-order valence-electron chi connectivity index (χ0n) is 10.5. The minimum Gasteiger partial charge on any atom is -0.365 e. The van der Waals surface area contributed by atoms with Gasteiger partial charge < -0.3 is 15.6 Å². The maximum absolute atomic E-state index is 4.48. The minimum absolute atomic E-state index is 0.464. The first-order chi connectivity index (χ1) is 9.88. The van der Waals surface area contributed by atoms with E-state index in [1.54, 1.807) is 18.6 Å². The molecule has 0 bridgehead atoms. The molecular formula is C12H12N8. The normalized spacial score (nSPS) is 14.4. The molecule has 1 saturated carbocycles. The summed E-state index contributed by atoms with van der Waals surface area (Å²) in [5.74, 6) is 1.88. The molecule has 3 aromatic rings. The van der Waals surface area contributed by atoms with E-state index in [0.29, 0.717) is 23.5 Å². The molecule has 20 heavy (non-hydrogen) atoms. The monoisotopic (exact) mass is 268 g/mol. The third kappa shape index (κ3) is 2.11. The number of H-pyrrole nitrogens is 1. The van der Waals surface area contributed by atoms with Gasteiger partial charge in [0.2, 0.25) is 5.95 Å². The Bertz CT molecular complexity index is 734. The second-order valence-corrected chi connectivity index (χ2v) is 4.64. The van der Waals surface area contributed by atoms with Crippen LogP contribution in [-0.4, -0.2) is 35.9 Å². The first kappa shape index (κ1) is 11.1. The predicted molar refractivity (Wildman–Crippen MR) is 73.6 cm³/mol. The molecule has 0 amide bonds. The van der Waals surface area contributed by atoms with Crippen molar-refractivity contribution in [1.82, 2.24) is 29.9 Å². The summed E-state index contributed by atoms with van der Waals surface area (Å²) in [4.78, 5) is 24.1. The summed E-state index contributed by atoms with van der Waals surface area (Å²) in [6.07, 6.45) is 7.10. The van der Waals surface area contributed by atoms with Gasteiger partial charge in [-0.05, 0) is 18.9 Å². The van der Waals surface area contributed by atoms with Gasteiger partial charge in [-0.1, -0.05) is 0 Å². The molecule has 3 aromatic heterocycles. The van der Waals surface area contributed by atoms with Gasteiger partial charge in [0.05, 0.1) is 6.33 Å². The largest absolute Gasteiger partial charge is 0.365 e. The predicted octanol–water partition coefficient (Wildman–Crippen LogP) is 1.46. The number of aromatic nitrogens is 6. The summed E-state index contributed by atoms with van der Waals surface area (Å²) < 4.78 is 0. The summed E-state index contributed by atoms with van der Waals surface area (Å²) in [6, 6.07) is 2.26. The highest BCUT2D eigenvalue weighted by molar-refractivity contribution is 5.84. The van der Waals surface area contributed by atoms with Crippen LogP contribution in [0.25, 0.3) is 11.2 Å². The first-order valence-corrected chi connectivity index (χ1v) is 6.39. The highest BCUT2D eigenvalue weighted by atomic mass is 15.2. The van der Waals surface area contributed by atoms with E-state index >= 15 is 0 Å². The van der Waals surface area contributed by atoms with Crippen molar-refractivity contribution < 1.29 is 0 Å². The number of hydrogen-bond acceptors (Lipinski definition) is 7. The summed E-state index contributed by atoms with van der Waals surface area (Å²) in [6.45, 7) is 0. The van der Waals surface area contributed by atoms with Crippen LogP contribution in [0.2, 0.25) is 0 Å². The van der Waals surface area contributed by atoms with E-state index in [-0.39, 0.29) is 0 Å². The second kappa shape index (κ2) is 4.41. The van der Waals surface area contributed by atoms with E-state index in [0.717, 1.165) is 11.3 Å². The van der Waals surface area contributed by atoms with Crippen molar-refractivity contribution in [2.75, 3.05) is 10.6 Å². The molecule has 0 atom stereocenters. The van der Waals surface area contributed by atoms with E-state index in [2.05, 4.69) is 40.5 Å². The number of hydrogen-bond donors (Lipinski definition) is 3. The Labute approximate surface area is 114 Å². The molecule has 0 unspecified atom stereocenters. The molecule has 0 spiro atoms. The third-order valence-electron chi connectivity index (χ3n) is 3.03. The van der Waals surface area contributed by atoms with E-state index < -0.39 is 0 Å². The zero-order chi connectivity index (χ0) is 13.4. The maximum Gasteiger partial charge on any atom is 0.232 e. The molecular weight excluding hydrogens is 256 g/mol. The van der Waals surface area contributed by atoms with Crippen molar-refractivity contribution in [3.8, 4) is 0 Å². The van der Waals surface area contributed by atoms with Crippen LogP contribution in [0.15, 0.2) is 24.9 Å². The Morgan fingerprint density at radius 1 is 1.20 bits per heavy atom. The van der Waals surface area contributed by atoms with Gasteiger partial charge in [-0.3, -0.25) is 0 Å². The molecule has 1 aliphatic carbocycles. The highest BCUT2D eigenvalue weighted by Crippen LogP contribution is 2.27. The van der Waals surface area contributed by atoms with Gasteiger partial charge in [-0.2, -0.15) is 9.97 Å². The zero-order valence-corrected chi connectivity index (χ0v) is 10.5. The van der Waals surface area contributed by atoms with E-state index in [4.69, 9.17) is 0 Å². The van der Waals surface area contributed by atoms with Crippen molar-refractivity contribution in [1.29, 1.82) is 0 Å². The number of fused-ring (bicyclic) bond motifs is 1. The number of nitrogens with one attached hydrogen (secondary N) is 3. The number of imidazole rings is 1. The Morgan fingerprint density at radius 3 is 2.95 bits per heavy atom. The van der Waals surface area contributed by atoms with Crippen molar-refractivity contribution in [3.05, 3.63) is 24.9 Å². The molecule has 3 heterocycles. The van der Waals surface area contributed by atoms with Gasteiger partial charge in [0.25, 0.3) is 0 Å². The SMILES string of the molecule is c1cc(Nc2nc(NC3CC3)c3[nH]cnc3n2)ncn1. The molecule has 4 rings (SSSR count). The van der Waals surface area contributed by atoms with Gasteiger partial charge in [-0.15, -0.1) is 0 Å². The van der Waals surface area contributed by atoms with Gasteiger partial charge in [0.15, 0.2) is 11.5 Å². The van der Waals surface area contributed by atoms with E-state index in [1.165, 1.54) is 19.2 Å². The van der Waals surface area contributed by atoms with Crippen molar-refractivity contribution in [2.45, 2.75) is 18.9 Å². The van der Waals surface area contributed by atoms with Crippen LogP contribution >= 0.6 is 0 Å². The smallest absolute Gasteiger partial charge is 0.232 e. The minimum atomic E-state index is 0.464. The van der Waals surface area contributed by atoms with Crippen LogP contribution in [0.1, 0.15) is 12.8 Å². The highest BCUT2D eigenvalue weighted by Gasteiger charge is 2.23. The summed E-state index contributed by atoms with van der Waals surface area (Å²) in [5.41, 5.74) is 1.45. The molecule has 100 valence electrons. The quantitative estimate of drug-likeness (QED) is 0.658. The van der Waals surface area contributed by atoms with Gasteiger partial charge in [0, 0.05) is 12.2 Å². The second-order valence-electron chi connectivity index (χ2n) is 4.64. The Morgan fingerprint density at radius 2 is 2.15 bits per heavy atom. The van der Waals surface area contributed by atoms with Crippen molar-refractivity contribution in [2.24, 2.45) is 0 Å². The van der Waals surface area contributed by atoms with Crippen LogP contribution in [0.3, 0.4) is 0 Å². The van der Waals surface area contributed by atoms with Gasteiger partial charge in [0.1, 0.15) is 17.7 Å². The van der Waals surface area contributed by atoms with Crippen LogP contribution in [0.4, 0.5) is 17.6 Å². The fraction of sp³-hybridized carbons (Fsp3) is 0.250. The standard InChI is InChI=1S/C12H12N8/c1-2-7(1)17-11-9-10(16-6-15-9)19-12(20-11)18-8-3-4-13-5-14-8/h3-7H,1-2H2,(H3,13,14,15,16,17,18,19,20). The third-order valence-corrected chi connectivity index (χ3v) is 3.03. The molecule has 8 nitrogen and oxygen atoms in total. The topological polar surface area (TPSA) is 104 Å². The average Bonchev–Trinajstić information content (AvgIpc) is 3.15. The van der Waals surface area contributed by atoms with Crippen molar-refractivity contribution in [3.63, 3.8) is 0 Å². The number of nitrogens with zero attached hydrogens (tertiary/aromatic N) is 5. The van der Waals surface area contributed by atoms with Crippen LogP contribution in [0.5, 0.6) is 0 Å². The summed E-state index contributed by atoms with van der Waals surface area (Å²) >= 11 is 0. The molecule has 3 N–H and O–H groups in total. The molecule has 0 radical (unpaired) electrons. The lowest BCUT2D eigenvalue weighted by molar-refractivity contribution is 1.09. The average molecular weight is 268 g/mol. The van der Waals surface area contributed by atoms with Crippen LogP contribution in [-0.2, 0) is 0 Å². The molecule has 1 aliphatic rings. The van der Waals surface area contributed by atoms with Crippen LogP contribution < -0.4 is 10.6 Å². The Hall–Kier alpha value is -2.77. The first-order valence-electron chi connectivity index (χ1n) is 6.39.